The second-order valence-corrected chi connectivity index (χ2v) is 4.11. The molecule has 0 unspecified atom stereocenters. The zero-order chi connectivity index (χ0) is 15.1. The van der Waals surface area contributed by atoms with Gasteiger partial charge in [-0.15, -0.1) is 6.58 Å². The van der Waals surface area contributed by atoms with E-state index in [1.165, 1.54) is 24.0 Å². The zero-order valence-electron chi connectivity index (χ0n) is 11.2. The number of anilines is 1. The van der Waals surface area contributed by atoms with Crippen LogP contribution in [0.25, 0.3) is 0 Å². The third-order valence-electron chi connectivity index (χ3n) is 2.60. The van der Waals surface area contributed by atoms with Gasteiger partial charge in [-0.1, -0.05) is 6.08 Å². The molecule has 0 aromatic heterocycles. The number of carbonyl (C=O) groups excluding carboxylic acids is 2. The van der Waals surface area contributed by atoms with Crippen molar-refractivity contribution in [2.45, 2.75) is 13.3 Å². The molecule has 0 spiro atoms. The molecule has 2 amide bonds. The molecule has 4 nitrogen and oxygen atoms in total. The Hall–Kier alpha value is -2.24. The number of hydrogen-bond acceptors (Lipinski definition) is 2. The smallest absolute Gasteiger partial charge is 0.223 e. The third-order valence-corrected chi connectivity index (χ3v) is 2.60. The Morgan fingerprint density at radius 2 is 2.05 bits per heavy atom. The summed E-state index contributed by atoms with van der Waals surface area (Å²) in [5.74, 6) is -2.63. The number of carbonyl (C=O) groups is 2. The minimum Gasteiger partial charge on any atom is -0.353 e. The Bertz CT molecular complexity index is 518. The van der Waals surface area contributed by atoms with Crippen LogP contribution in [-0.4, -0.2) is 24.9 Å². The average Bonchev–Trinajstić information content (AvgIpc) is 2.40. The minimum absolute atomic E-state index is 0.0619. The second-order valence-electron chi connectivity index (χ2n) is 4.11. The monoisotopic (exact) mass is 282 g/mol. The number of nitrogens with zero attached hydrogens (tertiary/aromatic N) is 1. The van der Waals surface area contributed by atoms with Crippen LogP contribution in [-0.2, 0) is 9.59 Å². The molecule has 0 bridgehead atoms. The van der Waals surface area contributed by atoms with E-state index in [1.807, 2.05) is 0 Å². The van der Waals surface area contributed by atoms with Crippen molar-refractivity contribution in [1.29, 1.82) is 0 Å². The van der Waals surface area contributed by atoms with E-state index in [2.05, 4.69) is 11.9 Å². The van der Waals surface area contributed by atoms with Crippen LogP contribution in [0, 0.1) is 11.6 Å². The molecule has 0 aliphatic heterocycles. The van der Waals surface area contributed by atoms with Gasteiger partial charge in [-0.2, -0.15) is 0 Å². The van der Waals surface area contributed by atoms with Gasteiger partial charge in [-0.3, -0.25) is 9.59 Å². The summed E-state index contributed by atoms with van der Waals surface area (Å²) >= 11 is 0. The number of amides is 2. The summed E-state index contributed by atoms with van der Waals surface area (Å²) in [6.45, 7) is 5.18. The van der Waals surface area contributed by atoms with Gasteiger partial charge in [0.1, 0.15) is 0 Å². The Balaban J connectivity index is 2.74. The van der Waals surface area contributed by atoms with Gasteiger partial charge in [0.25, 0.3) is 0 Å². The molecule has 1 N–H and O–H groups in total. The van der Waals surface area contributed by atoms with Gasteiger partial charge in [0.15, 0.2) is 11.6 Å². The summed E-state index contributed by atoms with van der Waals surface area (Å²) in [6.07, 6.45) is 1.60. The Kier molecular flexibility index (Phi) is 5.83. The van der Waals surface area contributed by atoms with Crippen molar-refractivity contribution >= 4 is 17.5 Å². The van der Waals surface area contributed by atoms with Gasteiger partial charge in [0, 0.05) is 38.2 Å². The molecule has 108 valence electrons. The number of halogens is 2. The van der Waals surface area contributed by atoms with E-state index in [9.17, 15) is 18.4 Å². The van der Waals surface area contributed by atoms with Gasteiger partial charge in [0.2, 0.25) is 11.8 Å². The predicted octanol–water partition coefficient (Wildman–Crippen LogP) is 2.01. The Morgan fingerprint density at radius 1 is 1.35 bits per heavy atom. The average molecular weight is 282 g/mol. The highest BCUT2D eigenvalue weighted by molar-refractivity contribution is 5.92. The van der Waals surface area contributed by atoms with Crippen LogP contribution in [0.15, 0.2) is 30.9 Å². The molecule has 0 radical (unpaired) electrons. The van der Waals surface area contributed by atoms with Crippen LogP contribution in [0.3, 0.4) is 0 Å². The third kappa shape index (κ3) is 4.46. The van der Waals surface area contributed by atoms with Crippen molar-refractivity contribution in [2.75, 3.05) is 18.0 Å². The van der Waals surface area contributed by atoms with Crippen molar-refractivity contribution in [3.63, 3.8) is 0 Å². The van der Waals surface area contributed by atoms with Crippen molar-refractivity contribution in [3.05, 3.63) is 42.5 Å². The van der Waals surface area contributed by atoms with Crippen molar-refractivity contribution < 1.29 is 18.4 Å². The van der Waals surface area contributed by atoms with Gasteiger partial charge >= 0.3 is 0 Å². The van der Waals surface area contributed by atoms with Gasteiger partial charge < -0.3 is 10.2 Å². The van der Waals surface area contributed by atoms with Gasteiger partial charge in [-0.05, 0) is 12.1 Å². The van der Waals surface area contributed by atoms with Crippen LogP contribution < -0.4 is 10.2 Å². The summed E-state index contributed by atoms with van der Waals surface area (Å²) < 4.78 is 26.0. The fourth-order valence-electron chi connectivity index (χ4n) is 1.61. The number of nitrogens with one attached hydrogen (secondary N) is 1. The van der Waals surface area contributed by atoms with E-state index in [1.54, 1.807) is 0 Å². The minimum atomic E-state index is -1.04. The van der Waals surface area contributed by atoms with Crippen molar-refractivity contribution in [1.82, 2.24) is 5.32 Å². The molecule has 0 heterocycles. The quantitative estimate of drug-likeness (QED) is 0.811. The molecular formula is C14H16F2N2O2. The first-order valence-electron chi connectivity index (χ1n) is 6.06. The summed E-state index contributed by atoms with van der Waals surface area (Å²) in [7, 11) is 0. The van der Waals surface area contributed by atoms with Crippen LogP contribution in [0.5, 0.6) is 0 Å². The van der Waals surface area contributed by atoms with Crippen LogP contribution in [0.2, 0.25) is 0 Å². The number of rotatable bonds is 6. The van der Waals surface area contributed by atoms with E-state index in [-0.39, 0.29) is 30.5 Å². The fraction of sp³-hybridized carbons (Fsp3) is 0.286. The molecule has 0 saturated heterocycles. The van der Waals surface area contributed by atoms with Crippen molar-refractivity contribution in [3.8, 4) is 0 Å². The molecular weight excluding hydrogens is 266 g/mol. The molecule has 1 aromatic carbocycles. The molecule has 1 rings (SSSR count). The first-order valence-corrected chi connectivity index (χ1v) is 6.06. The van der Waals surface area contributed by atoms with E-state index >= 15 is 0 Å². The SMILES string of the molecule is C=CCNC(=O)CCN(C(C)=O)c1ccc(F)c(F)c1. The highest BCUT2D eigenvalue weighted by Gasteiger charge is 2.15. The van der Waals surface area contributed by atoms with Crippen LogP contribution >= 0.6 is 0 Å². The highest BCUT2D eigenvalue weighted by Crippen LogP contribution is 2.18. The highest BCUT2D eigenvalue weighted by atomic mass is 19.2. The Labute approximate surface area is 116 Å². The second kappa shape index (κ2) is 7.37. The molecule has 20 heavy (non-hydrogen) atoms. The molecule has 0 atom stereocenters. The molecule has 6 heteroatoms. The standard InChI is InChI=1S/C14H16F2N2O2/c1-3-7-17-14(20)6-8-18(10(2)19)11-4-5-12(15)13(16)9-11/h3-5,9H,1,6-8H2,2H3,(H,17,20). The lowest BCUT2D eigenvalue weighted by Crippen LogP contribution is -2.34. The molecule has 0 fully saturated rings. The van der Waals surface area contributed by atoms with E-state index < -0.39 is 11.6 Å². The van der Waals surface area contributed by atoms with E-state index in [0.29, 0.717) is 6.54 Å². The topological polar surface area (TPSA) is 49.4 Å². The Morgan fingerprint density at radius 3 is 2.60 bits per heavy atom. The molecule has 0 aliphatic carbocycles. The summed E-state index contributed by atoms with van der Waals surface area (Å²) in [5.41, 5.74) is 0.216. The van der Waals surface area contributed by atoms with E-state index in [4.69, 9.17) is 0 Å². The van der Waals surface area contributed by atoms with E-state index in [0.717, 1.165) is 12.1 Å². The summed E-state index contributed by atoms with van der Waals surface area (Å²) in [5, 5.41) is 2.57. The van der Waals surface area contributed by atoms with Crippen LogP contribution in [0.1, 0.15) is 13.3 Å². The molecule has 1 aromatic rings. The summed E-state index contributed by atoms with van der Waals surface area (Å²) in [6, 6.07) is 3.16. The van der Waals surface area contributed by atoms with Gasteiger partial charge in [0.05, 0.1) is 0 Å². The van der Waals surface area contributed by atoms with Crippen LogP contribution in [0.4, 0.5) is 14.5 Å². The lowest BCUT2D eigenvalue weighted by molar-refractivity contribution is -0.120. The lowest BCUT2D eigenvalue weighted by atomic mass is 10.2. The largest absolute Gasteiger partial charge is 0.353 e. The number of benzene rings is 1. The first-order chi connectivity index (χ1) is 9.45. The maximum atomic E-state index is 13.2. The fourth-order valence-corrected chi connectivity index (χ4v) is 1.61. The zero-order valence-corrected chi connectivity index (χ0v) is 11.2. The maximum Gasteiger partial charge on any atom is 0.223 e. The lowest BCUT2D eigenvalue weighted by Gasteiger charge is -2.21. The predicted molar refractivity (Wildman–Crippen MR) is 72.2 cm³/mol. The molecule has 0 saturated carbocycles. The maximum absolute atomic E-state index is 13.2. The first kappa shape index (κ1) is 15.8. The van der Waals surface area contributed by atoms with Crippen molar-refractivity contribution in [2.24, 2.45) is 0 Å². The van der Waals surface area contributed by atoms with Gasteiger partial charge in [-0.25, -0.2) is 8.78 Å². The molecule has 0 aliphatic rings. The summed E-state index contributed by atoms with van der Waals surface area (Å²) in [4.78, 5) is 24.2. The number of hydrogen-bond donors (Lipinski definition) is 1. The normalized spacial score (nSPS) is 9.95.